The van der Waals surface area contributed by atoms with Gasteiger partial charge in [-0.25, -0.2) is 0 Å². The lowest BCUT2D eigenvalue weighted by Gasteiger charge is -2.36. The van der Waals surface area contributed by atoms with Gasteiger partial charge < -0.3 is 15.1 Å². The van der Waals surface area contributed by atoms with E-state index >= 15 is 0 Å². The quantitative estimate of drug-likeness (QED) is 0.877. The Bertz CT molecular complexity index is 457. The van der Waals surface area contributed by atoms with Crippen LogP contribution in [-0.2, 0) is 0 Å². The van der Waals surface area contributed by atoms with E-state index in [0.29, 0.717) is 12.0 Å². The molecular formula is C15H21NO3. The summed E-state index contributed by atoms with van der Waals surface area (Å²) in [5.74, 6) is 0.190. The van der Waals surface area contributed by atoms with Crippen LogP contribution in [0, 0.1) is 6.92 Å². The van der Waals surface area contributed by atoms with Crippen LogP contribution in [0.3, 0.4) is 0 Å². The number of nitrogens with zero attached hydrogens (tertiary/aromatic N) is 1. The van der Waals surface area contributed by atoms with Crippen LogP contribution in [0.15, 0.2) is 18.2 Å². The van der Waals surface area contributed by atoms with Crippen molar-refractivity contribution in [1.29, 1.82) is 0 Å². The molecule has 0 radical (unpaired) electrons. The Morgan fingerprint density at radius 1 is 1.42 bits per heavy atom. The van der Waals surface area contributed by atoms with Gasteiger partial charge in [0.2, 0.25) is 0 Å². The molecule has 1 amide bonds. The molecule has 1 unspecified atom stereocenters. The molecule has 2 rings (SSSR count). The highest BCUT2D eigenvalue weighted by Gasteiger charge is 2.27. The van der Waals surface area contributed by atoms with Gasteiger partial charge in [0.1, 0.15) is 5.75 Å². The van der Waals surface area contributed by atoms with Crippen LogP contribution in [0.1, 0.15) is 41.6 Å². The number of carbonyl (C=O) groups excluding carboxylic acids is 1. The first-order chi connectivity index (χ1) is 9.13. The number of rotatable bonds is 3. The maximum Gasteiger partial charge on any atom is 0.254 e. The minimum atomic E-state index is 0.00986. The molecule has 1 heterocycles. The highest BCUT2D eigenvalue weighted by Crippen LogP contribution is 2.24. The summed E-state index contributed by atoms with van der Waals surface area (Å²) in [7, 11) is 0. The number of hydrogen-bond donors (Lipinski definition) is 2. The number of phenols is 1. The number of aromatic hydroxyl groups is 1. The fraction of sp³-hybridized carbons (Fsp3) is 0.533. The largest absolute Gasteiger partial charge is 0.508 e. The Morgan fingerprint density at radius 3 is 2.89 bits per heavy atom. The minimum Gasteiger partial charge on any atom is -0.508 e. The van der Waals surface area contributed by atoms with Crippen molar-refractivity contribution in [3.8, 4) is 5.75 Å². The predicted octanol–water partition coefficient (Wildman–Crippen LogP) is 2.08. The van der Waals surface area contributed by atoms with Gasteiger partial charge in [-0.2, -0.15) is 0 Å². The fourth-order valence-corrected chi connectivity index (χ4v) is 2.76. The third-order valence-corrected chi connectivity index (χ3v) is 3.79. The number of piperidine rings is 1. The molecule has 0 aliphatic carbocycles. The Balaban J connectivity index is 2.21. The zero-order chi connectivity index (χ0) is 13.8. The van der Waals surface area contributed by atoms with Gasteiger partial charge in [-0.3, -0.25) is 4.79 Å². The molecule has 1 aromatic rings. The summed E-state index contributed by atoms with van der Waals surface area (Å²) < 4.78 is 0. The van der Waals surface area contributed by atoms with Gasteiger partial charge in [-0.05, 0) is 56.4 Å². The van der Waals surface area contributed by atoms with Gasteiger partial charge in [0.05, 0.1) is 0 Å². The number of carbonyl (C=O) groups is 1. The first-order valence-corrected chi connectivity index (χ1v) is 6.85. The smallest absolute Gasteiger partial charge is 0.254 e. The van der Waals surface area contributed by atoms with E-state index in [1.807, 2.05) is 11.8 Å². The van der Waals surface area contributed by atoms with Gasteiger partial charge >= 0.3 is 0 Å². The van der Waals surface area contributed by atoms with E-state index in [9.17, 15) is 9.90 Å². The Labute approximate surface area is 113 Å². The van der Waals surface area contributed by atoms with Crippen molar-refractivity contribution < 1.29 is 15.0 Å². The van der Waals surface area contributed by atoms with Gasteiger partial charge in [0.25, 0.3) is 5.91 Å². The topological polar surface area (TPSA) is 60.8 Å². The van der Waals surface area contributed by atoms with E-state index in [-0.39, 0.29) is 24.3 Å². The van der Waals surface area contributed by atoms with Crippen molar-refractivity contribution in [2.45, 2.75) is 38.6 Å². The Morgan fingerprint density at radius 2 is 2.21 bits per heavy atom. The minimum absolute atomic E-state index is 0.00986. The summed E-state index contributed by atoms with van der Waals surface area (Å²) in [5.41, 5.74) is 1.43. The lowest BCUT2D eigenvalue weighted by atomic mass is 9.97. The number of phenolic OH excluding ortho intramolecular Hbond substituents is 1. The second-order valence-corrected chi connectivity index (χ2v) is 5.16. The van der Waals surface area contributed by atoms with Crippen molar-refractivity contribution >= 4 is 5.91 Å². The van der Waals surface area contributed by atoms with Crippen LogP contribution >= 0.6 is 0 Å². The summed E-state index contributed by atoms with van der Waals surface area (Å²) >= 11 is 0. The van der Waals surface area contributed by atoms with Crippen LogP contribution in [0.5, 0.6) is 5.75 Å². The van der Waals surface area contributed by atoms with E-state index in [0.717, 1.165) is 31.4 Å². The summed E-state index contributed by atoms with van der Waals surface area (Å²) in [6, 6.07) is 4.97. The van der Waals surface area contributed by atoms with Crippen LogP contribution in [0.2, 0.25) is 0 Å². The van der Waals surface area contributed by atoms with Crippen molar-refractivity contribution in [3.63, 3.8) is 0 Å². The van der Waals surface area contributed by atoms with Crippen molar-refractivity contribution in [2.75, 3.05) is 13.2 Å². The lowest BCUT2D eigenvalue weighted by Crippen LogP contribution is -2.44. The molecule has 1 atom stereocenters. The number of aliphatic hydroxyl groups is 1. The Kier molecular flexibility index (Phi) is 4.43. The first kappa shape index (κ1) is 13.9. The van der Waals surface area contributed by atoms with E-state index < -0.39 is 0 Å². The van der Waals surface area contributed by atoms with Crippen LogP contribution in [0.25, 0.3) is 0 Å². The number of aliphatic hydroxyl groups excluding tert-OH is 1. The summed E-state index contributed by atoms with van der Waals surface area (Å²) in [5, 5.41) is 18.5. The number of amides is 1. The molecule has 2 N–H and O–H groups in total. The lowest BCUT2D eigenvalue weighted by molar-refractivity contribution is 0.0574. The maximum absolute atomic E-state index is 12.6. The van der Waals surface area contributed by atoms with Gasteiger partial charge in [0, 0.05) is 24.8 Å². The molecule has 1 aliphatic rings. The van der Waals surface area contributed by atoms with Crippen LogP contribution in [-0.4, -0.2) is 40.2 Å². The van der Waals surface area contributed by atoms with Crippen LogP contribution < -0.4 is 0 Å². The molecule has 4 nitrogen and oxygen atoms in total. The molecular weight excluding hydrogens is 242 g/mol. The molecule has 1 saturated heterocycles. The van der Waals surface area contributed by atoms with Crippen LogP contribution in [0.4, 0.5) is 0 Å². The number of hydrogen-bond acceptors (Lipinski definition) is 3. The van der Waals surface area contributed by atoms with E-state index in [2.05, 4.69) is 0 Å². The molecule has 0 spiro atoms. The predicted molar refractivity (Wildman–Crippen MR) is 73.2 cm³/mol. The number of aryl methyl sites for hydroxylation is 1. The van der Waals surface area contributed by atoms with Gasteiger partial charge in [0.15, 0.2) is 0 Å². The molecule has 4 heteroatoms. The normalized spacial score (nSPS) is 19.5. The highest BCUT2D eigenvalue weighted by atomic mass is 16.3. The second-order valence-electron chi connectivity index (χ2n) is 5.16. The van der Waals surface area contributed by atoms with Gasteiger partial charge in [-0.1, -0.05) is 0 Å². The molecule has 19 heavy (non-hydrogen) atoms. The highest BCUT2D eigenvalue weighted by molar-refractivity contribution is 5.96. The summed E-state index contributed by atoms with van der Waals surface area (Å²) in [6.45, 7) is 2.70. The van der Waals surface area contributed by atoms with Crippen molar-refractivity contribution in [1.82, 2.24) is 4.90 Å². The summed E-state index contributed by atoms with van der Waals surface area (Å²) in [6.07, 6.45) is 3.74. The molecule has 1 aromatic carbocycles. The Hall–Kier alpha value is -1.55. The van der Waals surface area contributed by atoms with Gasteiger partial charge in [-0.15, -0.1) is 0 Å². The second kappa shape index (κ2) is 6.06. The first-order valence-electron chi connectivity index (χ1n) is 6.85. The van der Waals surface area contributed by atoms with Crippen molar-refractivity contribution in [3.05, 3.63) is 29.3 Å². The molecule has 0 aromatic heterocycles. The zero-order valence-electron chi connectivity index (χ0n) is 11.3. The average molecular weight is 263 g/mol. The molecule has 1 fully saturated rings. The number of likely N-dealkylation sites (tertiary alicyclic amines) is 1. The summed E-state index contributed by atoms with van der Waals surface area (Å²) in [4.78, 5) is 14.5. The zero-order valence-corrected chi connectivity index (χ0v) is 11.3. The van der Waals surface area contributed by atoms with E-state index in [1.54, 1.807) is 18.2 Å². The molecule has 1 aliphatic heterocycles. The maximum atomic E-state index is 12.6. The molecule has 0 bridgehead atoms. The fourth-order valence-electron chi connectivity index (χ4n) is 2.76. The van der Waals surface area contributed by atoms with Crippen molar-refractivity contribution in [2.24, 2.45) is 0 Å². The average Bonchev–Trinajstić information content (AvgIpc) is 2.39. The third-order valence-electron chi connectivity index (χ3n) is 3.79. The van der Waals surface area contributed by atoms with E-state index in [4.69, 9.17) is 5.11 Å². The monoisotopic (exact) mass is 263 g/mol. The molecule has 104 valence electrons. The third kappa shape index (κ3) is 3.07. The van der Waals surface area contributed by atoms with E-state index in [1.165, 1.54) is 0 Å². The SMILES string of the molecule is Cc1cc(O)ccc1C(=O)N1CCCCC1CCO. The standard InChI is InChI=1S/C15H21NO3/c1-11-10-13(18)5-6-14(11)15(19)16-8-3-2-4-12(16)7-9-17/h5-6,10,12,17-18H,2-4,7-9H2,1H3. The molecule has 0 saturated carbocycles. The number of benzene rings is 1.